The molecular formula is C30H44N2O13. The molecular weight excluding hydrogens is 596 g/mol. The van der Waals surface area contributed by atoms with E-state index in [0.29, 0.717) is 10.1 Å². The standard InChI is InChI=1S/C30H44N2O13/c1-17(2)23(27(39)44-31-19(33)9-10-20(31)34)25(37)41-15-13-29(5,6)42-16-14-30(7,8)43-26(38)24(18(3)4)28(40)45-32-21(35)11-12-22(32)36/h17-18,23-24H,9-16H2,1-8H3. The summed E-state index contributed by atoms with van der Waals surface area (Å²) in [4.78, 5) is 108. The Hall–Kier alpha value is -3.88. The van der Waals surface area contributed by atoms with Gasteiger partial charge in [0.2, 0.25) is 0 Å². The van der Waals surface area contributed by atoms with Crippen molar-refractivity contribution in [2.24, 2.45) is 23.7 Å². The van der Waals surface area contributed by atoms with Crippen LogP contribution >= 0.6 is 0 Å². The normalized spacial score (nSPS) is 17.2. The van der Waals surface area contributed by atoms with E-state index in [2.05, 4.69) is 0 Å². The topological polar surface area (TPSA) is 189 Å². The van der Waals surface area contributed by atoms with Crippen molar-refractivity contribution in [2.45, 2.75) is 105 Å². The molecule has 0 aromatic rings. The Morgan fingerprint density at radius 3 is 1.38 bits per heavy atom. The molecule has 0 radical (unpaired) electrons. The van der Waals surface area contributed by atoms with Gasteiger partial charge in [-0.1, -0.05) is 27.7 Å². The van der Waals surface area contributed by atoms with Crippen LogP contribution in [0, 0.1) is 23.7 Å². The number of nitrogens with zero attached hydrogens (tertiary/aromatic N) is 2. The zero-order valence-corrected chi connectivity index (χ0v) is 27.2. The maximum absolute atomic E-state index is 13.0. The fourth-order valence-electron chi connectivity index (χ4n) is 4.41. The van der Waals surface area contributed by atoms with Crippen LogP contribution in [0.25, 0.3) is 0 Å². The Morgan fingerprint density at radius 2 is 0.978 bits per heavy atom. The van der Waals surface area contributed by atoms with Gasteiger partial charge in [0.15, 0.2) is 11.8 Å². The average molecular weight is 641 g/mol. The largest absolute Gasteiger partial charge is 0.465 e. The van der Waals surface area contributed by atoms with Crippen molar-refractivity contribution in [3.63, 3.8) is 0 Å². The SMILES string of the molecule is CC(C)C(C(=O)OCCC(C)(C)OCCC(C)(C)OC(=O)C(C(=O)ON1C(=O)CCC1=O)C(C)C)C(=O)ON1C(=O)CCC1=O. The Balaban J connectivity index is 1.84. The molecule has 0 aromatic heterocycles. The lowest BCUT2D eigenvalue weighted by molar-refractivity contribution is -0.205. The molecule has 2 aliphatic rings. The number of imide groups is 2. The molecule has 2 fully saturated rings. The van der Waals surface area contributed by atoms with E-state index in [0.717, 1.165) is 0 Å². The molecule has 2 unspecified atom stereocenters. The molecule has 15 nitrogen and oxygen atoms in total. The van der Waals surface area contributed by atoms with E-state index in [4.69, 9.17) is 23.9 Å². The molecule has 0 spiro atoms. The molecule has 0 aliphatic carbocycles. The fraction of sp³-hybridized carbons (Fsp3) is 0.733. The predicted octanol–water partition coefficient (Wildman–Crippen LogP) is 2.19. The van der Waals surface area contributed by atoms with E-state index in [1.807, 2.05) is 0 Å². The molecule has 2 rings (SSSR count). The quantitative estimate of drug-likeness (QED) is 0.136. The first kappa shape index (κ1) is 37.3. The number of carbonyl (C=O) groups is 8. The van der Waals surface area contributed by atoms with Gasteiger partial charge in [0.05, 0.1) is 18.8 Å². The van der Waals surface area contributed by atoms with Crippen LogP contribution in [0.4, 0.5) is 0 Å². The number of hydrogen-bond donors (Lipinski definition) is 0. The first-order valence-corrected chi connectivity index (χ1v) is 14.9. The smallest absolute Gasteiger partial charge is 0.347 e. The fourth-order valence-corrected chi connectivity index (χ4v) is 4.41. The van der Waals surface area contributed by atoms with E-state index < -0.39 is 82.4 Å². The second-order valence-electron chi connectivity index (χ2n) is 12.9. The number of hydrogen-bond acceptors (Lipinski definition) is 13. The minimum absolute atomic E-state index is 0.0735. The third-order valence-corrected chi connectivity index (χ3v) is 7.25. The molecule has 252 valence electrons. The summed E-state index contributed by atoms with van der Waals surface area (Å²) in [5.74, 6) is -10.3. The van der Waals surface area contributed by atoms with Crippen LogP contribution in [0.1, 0.15) is 93.9 Å². The highest BCUT2D eigenvalue weighted by Crippen LogP contribution is 2.25. The van der Waals surface area contributed by atoms with E-state index in [1.54, 1.807) is 55.4 Å². The molecule has 4 amide bonds. The second-order valence-corrected chi connectivity index (χ2v) is 12.9. The number of esters is 2. The summed E-state index contributed by atoms with van der Waals surface area (Å²) in [5, 5.41) is 0.769. The maximum Gasteiger partial charge on any atom is 0.347 e. The Labute approximate surface area is 262 Å². The third kappa shape index (κ3) is 10.6. The molecule has 2 heterocycles. The lowest BCUT2D eigenvalue weighted by Crippen LogP contribution is -2.42. The van der Waals surface area contributed by atoms with Crippen LogP contribution in [0.2, 0.25) is 0 Å². The van der Waals surface area contributed by atoms with Gasteiger partial charge in [-0.2, -0.15) is 0 Å². The molecule has 0 N–H and O–H groups in total. The van der Waals surface area contributed by atoms with Crippen LogP contribution in [-0.2, 0) is 62.2 Å². The van der Waals surface area contributed by atoms with Crippen LogP contribution in [0.3, 0.4) is 0 Å². The van der Waals surface area contributed by atoms with Crippen molar-refractivity contribution in [1.29, 1.82) is 0 Å². The molecule has 2 atom stereocenters. The van der Waals surface area contributed by atoms with Gasteiger partial charge in [-0.05, 0) is 39.5 Å². The van der Waals surface area contributed by atoms with Crippen molar-refractivity contribution in [1.82, 2.24) is 10.1 Å². The van der Waals surface area contributed by atoms with Crippen LogP contribution in [-0.4, -0.2) is 82.0 Å². The van der Waals surface area contributed by atoms with Crippen molar-refractivity contribution in [3.05, 3.63) is 0 Å². The van der Waals surface area contributed by atoms with Crippen molar-refractivity contribution in [2.75, 3.05) is 13.2 Å². The lowest BCUT2D eigenvalue weighted by atomic mass is 9.95. The summed E-state index contributed by atoms with van der Waals surface area (Å²) in [6, 6.07) is 0. The Morgan fingerprint density at radius 1 is 0.600 bits per heavy atom. The number of rotatable bonds is 16. The van der Waals surface area contributed by atoms with E-state index in [-0.39, 0.29) is 51.7 Å². The van der Waals surface area contributed by atoms with Gasteiger partial charge in [-0.3, -0.25) is 28.8 Å². The lowest BCUT2D eigenvalue weighted by Gasteiger charge is -2.31. The number of hydroxylamine groups is 4. The molecule has 45 heavy (non-hydrogen) atoms. The summed E-state index contributed by atoms with van der Waals surface area (Å²) < 4.78 is 16.8. The van der Waals surface area contributed by atoms with Gasteiger partial charge in [0.1, 0.15) is 5.60 Å². The Bertz CT molecular complexity index is 1160. The maximum atomic E-state index is 13.0. The molecule has 0 saturated carbocycles. The van der Waals surface area contributed by atoms with E-state index in [1.165, 1.54) is 0 Å². The molecule has 2 saturated heterocycles. The van der Waals surface area contributed by atoms with Crippen molar-refractivity contribution < 1.29 is 62.2 Å². The van der Waals surface area contributed by atoms with Gasteiger partial charge in [-0.25, -0.2) is 9.59 Å². The second kappa shape index (κ2) is 15.4. The molecule has 0 aromatic carbocycles. The molecule has 0 bridgehead atoms. The van der Waals surface area contributed by atoms with Gasteiger partial charge >= 0.3 is 23.9 Å². The van der Waals surface area contributed by atoms with Crippen LogP contribution in [0.5, 0.6) is 0 Å². The molecule has 2 aliphatic heterocycles. The first-order chi connectivity index (χ1) is 20.8. The van der Waals surface area contributed by atoms with Gasteiger partial charge in [0, 0.05) is 38.5 Å². The first-order valence-electron chi connectivity index (χ1n) is 14.9. The minimum atomic E-state index is -1.37. The number of carbonyl (C=O) groups excluding carboxylic acids is 8. The summed E-state index contributed by atoms with van der Waals surface area (Å²) >= 11 is 0. The monoisotopic (exact) mass is 640 g/mol. The summed E-state index contributed by atoms with van der Waals surface area (Å²) in [7, 11) is 0. The number of ether oxygens (including phenoxy) is 3. The zero-order chi connectivity index (χ0) is 34.3. The van der Waals surface area contributed by atoms with Crippen molar-refractivity contribution >= 4 is 47.5 Å². The summed E-state index contributed by atoms with van der Waals surface area (Å²) in [6.07, 6.45) is 0.156. The summed E-state index contributed by atoms with van der Waals surface area (Å²) in [6.45, 7) is 13.2. The third-order valence-electron chi connectivity index (χ3n) is 7.25. The Kier molecular flexibility index (Phi) is 12.8. The number of amides is 4. The molecule has 15 heteroatoms. The highest BCUT2D eigenvalue weighted by molar-refractivity contribution is 6.04. The van der Waals surface area contributed by atoms with Crippen LogP contribution < -0.4 is 0 Å². The predicted molar refractivity (Wildman–Crippen MR) is 151 cm³/mol. The highest BCUT2D eigenvalue weighted by Gasteiger charge is 2.42. The van der Waals surface area contributed by atoms with Gasteiger partial charge < -0.3 is 23.9 Å². The van der Waals surface area contributed by atoms with E-state index in [9.17, 15) is 38.4 Å². The van der Waals surface area contributed by atoms with Gasteiger partial charge in [-0.15, -0.1) is 10.1 Å². The van der Waals surface area contributed by atoms with E-state index >= 15 is 0 Å². The minimum Gasteiger partial charge on any atom is -0.465 e. The average Bonchev–Trinajstić information content (AvgIpc) is 3.37. The zero-order valence-electron chi connectivity index (χ0n) is 27.2. The summed E-state index contributed by atoms with van der Waals surface area (Å²) in [5.41, 5.74) is -1.88. The van der Waals surface area contributed by atoms with Gasteiger partial charge in [0.25, 0.3) is 23.6 Å². The van der Waals surface area contributed by atoms with Crippen molar-refractivity contribution in [3.8, 4) is 0 Å². The van der Waals surface area contributed by atoms with Crippen LogP contribution in [0.15, 0.2) is 0 Å². The highest BCUT2D eigenvalue weighted by atomic mass is 16.7.